The van der Waals surface area contributed by atoms with Gasteiger partial charge >= 0.3 is 0 Å². The highest BCUT2D eigenvalue weighted by Gasteiger charge is 2.10. The van der Waals surface area contributed by atoms with Gasteiger partial charge in [0.2, 0.25) is 0 Å². The zero-order valence-corrected chi connectivity index (χ0v) is 12.3. The van der Waals surface area contributed by atoms with Crippen LogP contribution in [0.1, 0.15) is 37.2 Å². The van der Waals surface area contributed by atoms with Gasteiger partial charge in [-0.3, -0.25) is 4.68 Å². The molecule has 1 aromatic heterocycles. The van der Waals surface area contributed by atoms with Crippen molar-refractivity contribution in [2.24, 2.45) is 5.92 Å². The Balaban J connectivity index is 2.54. The first-order chi connectivity index (χ1) is 8.56. The molecule has 0 aliphatic carbocycles. The minimum absolute atomic E-state index is 0.711. The van der Waals surface area contributed by atoms with E-state index in [9.17, 15) is 0 Å². The van der Waals surface area contributed by atoms with E-state index in [0.29, 0.717) is 5.92 Å². The minimum atomic E-state index is 0.711. The molecule has 1 rings (SSSR count). The zero-order chi connectivity index (χ0) is 13.5. The van der Waals surface area contributed by atoms with Crippen LogP contribution in [0.3, 0.4) is 0 Å². The Morgan fingerprint density at radius 1 is 1.39 bits per heavy atom. The van der Waals surface area contributed by atoms with Crippen molar-refractivity contribution in [2.45, 2.75) is 47.1 Å². The summed E-state index contributed by atoms with van der Waals surface area (Å²) < 4.78 is 2.11. The molecular weight excluding hydrogens is 222 g/mol. The summed E-state index contributed by atoms with van der Waals surface area (Å²) in [6.45, 7) is 15.6. The standard InChI is InChI=1S/C15H27N3/c1-6-7-10-18-14(5)15(13(4)17-18)8-9-16-11-12(2)3/h6,12,16H,1,7-11H2,2-5H3. The molecule has 0 atom stereocenters. The van der Waals surface area contributed by atoms with Gasteiger partial charge < -0.3 is 5.32 Å². The number of allylic oxidation sites excluding steroid dienone is 1. The molecule has 1 heterocycles. The predicted octanol–water partition coefficient (Wildman–Crippen LogP) is 2.86. The molecule has 1 N–H and O–H groups in total. The third kappa shape index (κ3) is 4.30. The Labute approximate surface area is 111 Å². The first kappa shape index (κ1) is 15.0. The Morgan fingerprint density at radius 3 is 2.72 bits per heavy atom. The van der Waals surface area contributed by atoms with Gasteiger partial charge in [0.25, 0.3) is 0 Å². The van der Waals surface area contributed by atoms with Gasteiger partial charge in [-0.15, -0.1) is 6.58 Å². The molecule has 1 aromatic rings. The monoisotopic (exact) mass is 249 g/mol. The number of nitrogens with one attached hydrogen (secondary N) is 1. The molecule has 0 radical (unpaired) electrons. The number of rotatable bonds is 8. The van der Waals surface area contributed by atoms with Crippen LogP contribution in [-0.2, 0) is 13.0 Å². The summed E-state index contributed by atoms with van der Waals surface area (Å²) in [6, 6.07) is 0. The minimum Gasteiger partial charge on any atom is -0.316 e. The summed E-state index contributed by atoms with van der Waals surface area (Å²) in [5.74, 6) is 0.711. The van der Waals surface area contributed by atoms with Crippen molar-refractivity contribution in [1.82, 2.24) is 15.1 Å². The fraction of sp³-hybridized carbons (Fsp3) is 0.667. The zero-order valence-electron chi connectivity index (χ0n) is 12.3. The number of aryl methyl sites for hydroxylation is 2. The third-order valence-electron chi connectivity index (χ3n) is 3.18. The van der Waals surface area contributed by atoms with Crippen molar-refractivity contribution in [3.05, 3.63) is 29.6 Å². The van der Waals surface area contributed by atoms with Gasteiger partial charge in [-0.05, 0) is 51.3 Å². The van der Waals surface area contributed by atoms with Crippen LogP contribution in [0.2, 0.25) is 0 Å². The molecular formula is C15H27N3. The van der Waals surface area contributed by atoms with Crippen LogP contribution in [0.15, 0.2) is 12.7 Å². The lowest BCUT2D eigenvalue weighted by atomic mass is 10.1. The summed E-state index contributed by atoms with van der Waals surface area (Å²) in [5.41, 5.74) is 3.87. The van der Waals surface area contributed by atoms with Gasteiger partial charge in [0.05, 0.1) is 5.69 Å². The van der Waals surface area contributed by atoms with Crippen LogP contribution in [0.4, 0.5) is 0 Å². The summed E-state index contributed by atoms with van der Waals surface area (Å²) in [6.07, 6.45) is 3.99. The third-order valence-corrected chi connectivity index (χ3v) is 3.18. The van der Waals surface area contributed by atoms with Crippen LogP contribution >= 0.6 is 0 Å². The largest absolute Gasteiger partial charge is 0.316 e. The summed E-state index contributed by atoms with van der Waals surface area (Å²) in [4.78, 5) is 0. The van der Waals surface area contributed by atoms with E-state index >= 15 is 0 Å². The Kier molecular flexibility index (Phi) is 6.13. The lowest BCUT2D eigenvalue weighted by molar-refractivity contribution is 0.553. The molecule has 0 aliphatic heterocycles. The van der Waals surface area contributed by atoms with E-state index in [2.05, 4.69) is 49.4 Å². The molecule has 102 valence electrons. The maximum atomic E-state index is 4.60. The Hall–Kier alpha value is -1.09. The van der Waals surface area contributed by atoms with Crippen LogP contribution in [-0.4, -0.2) is 22.9 Å². The lowest BCUT2D eigenvalue weighted by Crippen LogP contribution is -2.22. The average molecular weight is 249 g/mol. The van der Waals surface area contributed by atoms with Crippen molar-refractivity contribution in [1.29, 1.82) is 0 Å². The average Bonchev–Trinajstić information content (AvgIpc) is 2.58. The molecule has 0 fully saturated rings. The van der Waals surface area contributed by atoms with Crippen LogP contribution < -0.4 is 5.32 Å². The van der Waals surface area contributed by atoms with Gasteiger partial charge in [-0.1, -0.05) is 19.9 Å². The molecule has 3 heteroatoms. The van der Waals surface area contributed by atoms with Crippen LogP contribution in [0.25, 0.3) is 0 Å². The summed E-state index contributed by atoms with van der Waals surface area (Å²) in [7, 11) is 0. The van der Waals surface area contributed by atoms with Crippen LogP contribution in [0.5, 0.6) is 0 Å². The number of hydrogen-bond donors (Lipinski definition) is 1. The lowest BCUT2D eigenvalue weighted by Gasteiger charge is -2.08. The molecule has 0 aromatic carbocycles. The molecule has 0 bridgehead atoms. The van der Waals surface area contributed by atoms with Gasteiger partial charge in [-0.25, -0.2) is 0 Å². The number of nitrogens with zero attached hydrogens (tertiary/aromatic N) is 2. The van der Waals surface area contributed by atoms with Gasteiger partial charge in [-0.2, -0.15) is 5.10 Å². The second-order valence-electron chi connectivity index (χ2n) is 5.30. The first-order valence-electron chi connectivity index (χ1n) is 6.90. The molecule has 18 heavy (non-hydrogen) atoms. The molecule has 0 unspecified atom stereocenters. The topological polar surface area (TPSA) is 29.9 Å². The van der Waals surface area contributed by atoms with Crippen molar-refractivity contribution < 1.29 is 0 Å². The Bertz CT molecular complexity index is 377. The van der Waals surface area contributed by atoms with Crippen LogP contribution in [0, 0.1) is 19.8 Å². The predicted molar refractivity (Wildman–Crippen MR) is 77.9 cm³/mol. The highest BCUT2D eigenvalue weighted by atomic mass is 15.3. The van der Waals surface area contributed by atoms with E-state index in [0.717, 1.165) is 32.5 Å². The van der Waals surface area contributed by atoms with Crippen molar-refractivity contribution >= 4 is 0 Å². The van der Waals surface area contributed by atoms with E-state index in [1.165, 1.54) is 17.0 Å². The maximum Gasteiger partial charge on any atom is 0.0628 e. The number of hydrogen-bond acceptors (Lipinski definition) is 2. The normalized spacial score (nSPS) is 11.2. The van der Waals surface area contributed by atoms with Crippen molar-refractivity contribution in [3.63, 3.8) is 0 Å². The van der Waals surface area contributed by atoms with E-state index in [1.807, 2.05) is 6.08 Å². The fourth-order valence-electron chi connectivity index (χ4n) is 2.13. The molecule has 0 saturated carbocycles. The second-order valence-corrected chi connectivity index (χ2v) is 5.30. The van der Waals surface area contributed by atoms with Crippen molar-refractivity contribution in [3.8, 4) is 0 Å². The highest BCUT2D eigenvalue weighted by Crippen LogP contribution is 2.13. The summed E-state index contributed by atoms with van der Waals surface area (Å²) >= 11 is 0. The molecule has 3 nitrogen and oxygen atoms in total. The highest BCUT2D eigenvalue weighted by molar-refractivity contribution is 5.24. The number of aromatic nitrogens is 2. The molecule has 0 aliphatic rings. The van der Waals surface area contributed by atoms with Gasteiger partial charge in [0.1, 0.15) is 0 Å². The SMILES string of the molecule is C=CCCn1nc(C)c(CCNCC(C)C)c1C. The fourth-order valence-corrected chi connectivity index (χ4v) is 2.13. The van der Waals surface area contributed by atoms with Gasteiger partial charge in [0.15, 0.2) is 0 Å². The second kappa shape index (κ2) is 7.37. The summed E-state index contributed by atoms with van der Waals surface area (Å²) in [5, 5.41) is 8.09. The quantitative estimate of drug-likeness (QED) is 0.567. The molecule has 0 amide bonds. The maximum absolute atomic E-state index is 4.60. The van der Waals surface area contributed by atoms with E-state index in [-0.39, 0.29) is 0 Å². The van der Waals surface area contributed by atoms with E-state index in [4.69, 9.17) is 0 Å². The van der Waals surface area contributed by atoms with Gasteiger partial charge in [0, 0.05) is 12.2 Å². The molecule has 0 saturated heterocycles. The van der Waals surface area contributed by atoms with E-state index in [1.54, 1.807) is 0 Å². The van der Waals surface area contributed by atoms with Crippen molar-refractivity contribution in [2.75, 3.05) is 13.1 Å². The first-order valence-corrected chi connectivity index (χ1v) is 6.90. The van der Waals surface area contributed by atoms with E-state index < -0.39 is 0 Å². The molecule has 0 spiro atoms. The Morgan fingerprint density at radius 2 is 2.11 bits per heavy atom. The smallest absolute Gasteiger partial charge is 0.0628 e.